The van der Waals surface area contributed by atoms with E-state index in [4.69, 9.17) is 10.5 Å². The van der Waals surface area contributed by atoms with Crippen LogP contribution in [0.3, 0.4) is 0 Å². The summed E-state index contributed by atoms with van der Waals surface area (Å²) in [4.78, 5) is 27.8. The van der Waals surface area contributed by atoms with Crippen LogP contribution in [0.2, 0.25) is 0 Å². The molecule has 2 N–H and O–H groups in total. The monoisotopic (exact) mass is 297 g/mol. The Morgan fingerprint density at radius 3 is 2.71 bits per heavy atom. The zero-order valence-corrected chi connectivity index (χ0v) is 13.3. The molecule has 2 saturated heterocycles. The highest BCUT2D eigenvalue weighted by atomic mass is 16.6. The summed E-state index contributed by atoms with van der Waals surface area (Å²) in [5.41, 5.74) is 5.16. The Kier molecular flexibility index (Phi) is 4.76. The van der Waals surface area contributed by atoms with E-state index in [0.717, 1.165) is 12.8 Å². The maximum absolute atomic E-state index is 12.2. The Labute approximate surface area is 126 Å². The van der Waals surface area contributed by atoms with Gasteiger partial charge in [0.25, 0.3) is 0 Å². The van der Waals surface area contributed by atoms with E-state index in [1.807, 2.05) is 25.7 Å². The minimum atomic E-state index is -0.488. The number of carbonyl (C=O) groups excluding carboxylic acids is 2. The third kappa shape index (κ3) is 4.09. The molecule has 2 aliphatic rings. The fourth-order valence-corrected chi connectivity index (χ4v) is 3.03. The average molecular weight is 297 g/mol. The van der Waals surface area contributed by atoms with Crippen LogP contribution >= 0.6 is 0 Å². The van der Waals surface area contributed by atoms with Gasteiger partial charge in [0.2, 0.25) is 5.91 Å². The number of nitrogens with zero attached hydrogens (tertiary/aromatic N) is 2. The lowest BCUT2D eigenvalue weighted by Gasteiger charge is -2.31. The molecule has 0 spiro atoms. The third-order valence-electron chi connectivity index (χ3n) is 4.06. The summed E-state index contributed by atoms with van der Waals surface area (Å²) in [6, 6.07) is 0.0697. The molecule has 0 radical (unpaired) electrons. The summed E-state index contributed by atoms with van der Waals surface area (Å²) < 4.78 is 5.45. The molecule has 0 aromatic heterocycles. The number of ether oxygens (including phenoxy) is 1. The second-order valence-electron chi connectivity index (χ2n) is 7.07. The van der Waals surface area contributed by atoms with Gasteiger partial charge < -0.3 is 20.3 Å². The summed E-state index contributed by atoms with van der Waals surface area (Å²) in [6.45, 7) is 8.18. The molecule has 2 aliphatic heterocycles. The van der Waals surface area contributed by atoms with Crippen molar-refractivity contribution in [2.24, 2.45) is 11.7 Å². The van der Waals surface area contributed by atoms with Crippen LogP contribution in [0.1, 0.15) is 40.0 Å². The average Bonchev–Trinajstić information content (AvgIpc) is 2.95. The van der Waals surface area contributed by atoms with Crippen molar-refractivity contribution >= 4 is 12.0 Å². The first-order valence-corrected chi connectivity index (χ1v) is 7.77. The molecule has 6 nitrogen and oxygen atoms in total. The molecule has 2 heterocycles. The van der Waals surface area contributed by atoms with Crippen molar-refractivity contribution in [3.8, 4) is 0 Å². The summed E-state index contributed by atoms with van der Waals surface area (Å²) >= 11 is 0. The number of rotatable bonds is 3. The lowest BCUT2D eigenvalue weighted by atomic mass is 10.1. The Bertz CT molecular complexity index is 405. The van der Waals surface area contributed by atoms with Crippen LogP contribution in [0, 0.1) is 5.92 Å². The van der Waals surface area contributed by atoms with Gasteiger partial charge in [-0.25, -0.2) is 4.79 Å². The molecule has 2 unspecified atom stereocenters. The van der Waals surface area contributed by atoms with Gasteiger partial charge >= 0.3 is 6.09 Å². The van der Waals surface area contributed by atoms with Gasteiger partial charge in [-0.3, -0.25) is 4.79 Å². The second kappa shape index (κ2) is 6.22. The summed E-state index contributed by atoms with van der Waals surface area (Å²) in [7, 11) is 0. The first-order chi connectivity index (χ1) is 9.80. The molecule has 0 aromatic carbocycles. The summed E-state index contributed by atoms with van der Waals surface area (Å²) in [6.07, 6.45) is 2.16. The first-order valence-electron chi connectivity index (χ1n) is 7.77. The van der Waals surface area contributed by atoms with Crippen LogP contribution in [0.25, 0.3) is 0 Å². The third-order valence-corrected chi connectivity index (χ3v) is 4.06. The zero-order valence-electron chi connectivity index (χ0n) is 13.3. The maximum atomic E-state index is 12.2. The summed E-state index contributed by atoms with van der Waals surface area (Å²) in [5.74, 6) is 0.412. The minimum Gasteiger partial charge on any atom is -0.444 e. The number of nitrogens with two attached hydrogens (primary N) is 1. The Morgan fingerprint density at radius 1 is 1.43 bits per heavy atom. The Balaban J connectivity index is 1.93. The molecule has 2 rings (SSSR count). The molecule has 120 valence electrons. The van der Waals surface area contributed by atoms with E-state index in [1.165, 1.54) is 0 Å². The second-order valence-corrected chi connectivity index (χ2v) is 7.07. The van der Waals surface area contributed by atoms with E-state index in [-0.39, 0.29) is 24.0 Å². The van der Waals surface area contributed by atoms with Crippen molar-refractivity contribution in [3.63, 3.8) is 0 Å². The lowest BCUT2D eigenvalue weighted by Crippen LogP contribution is -2.45. The quantitative estimate of drug-likeness (QED) is 0.849. The van der Waals surface area contributed by atoms with Crippen molar-refractivity contribution < 1.29 is 14.3 Å². The van der Waals surface area contributed by atoms with E-state index < -0.39 is 5.60 Å². The van der Waals surface area contributed by atoms with Gasteiger partial charge in [0.1, 0.15) is 5.60 Å². The van der Waals surface area contributed by atoms with Gasteiger partial charge in [-0.15, -0.1) is 0 Å². The van der Waals surface area contributed by atoms with Crippen LogP contribution in [-0.4, -0.2) is 59.6 Å². The summed E-state index contributed by atoms with van der Waals surface area (Å²) in [5, 5.41) is 0. The molecule has 2 amide bonds. The Morgan fingerprint density at radius 2 is 2.14 bits per heavy atom. The lowest BCUT2D eigenvalue weighted by molar-refractivity contribution is -0.128. The van der Waals surface area contributed by atoms with Crippen LogP contribution in [0.15, 0.2) is 0 Å². The SMILES string of the molecule is CC(C)(C)OC(=O)N1CCCC1CN1CC(CN)CC1=O. The van der Waals surface area contributed by atoms with Gasteiger partial charge in [-0.1, -0.05) is 0 Å². The molecule has 0 saturated carbocycles. The smallest absolute Gasteiger partial charge is 0.410 e. The standard InChI is InChI=1S/C15H27N3O3/c1-15(2,3)21-14(20)18-6-4-5-12(18)10-17-9-11(8-16)7-13(17)19/h11-12H,4-10,16H2,1-3H3. The number of likely N-dealkylation sites (tertiary alicyclic amines) is 2. The number of hydrogen-bond donors (Lipinski definition) is 1. The molecular weight excluding hydrogens is 270 g/mol. The number of carbonyl (C=O) groups is 2. The molecule has 0 aliphatic carbocycles. The van der Waals surface area contributed by atoms with E-state index in [9.17, 15) is 9.59 Å². The fraction of sp³-hybridized carbons (Fsp3) is 0.867. The van der Waals surface area contributed by atoms with E-state index >= 15 is 0 Å². The molecule has 2 atom stereocenters. The predicted molar refractivity (Wildman–Crippen MR) is 79.7 cm³/mol. The van der Waals surface area contributed by atoms with E-state index in [2.05, 4.69) is 0 Å². The molecule has 2 fully saturated rings. The number of hydrogen-bond acceptors (Lipinski definition) is 4. The molecule has 6 heteroatoms. The fourth-order valence-electron chi connectivity index (χ4n) is 3.03. The van der Waals surface area contributed by atoms with Crippen LogP contribution < -0.4 is 5.73 Å². The van der Waals surface area contributed by atoms with Gasteiger partial charge in [0.15, 0.2) is 0 Å². The molecule has 21 heavy (non-hydrogen) atoms. The normalized spacial score (nSPS) is 26.6. The van der Waals surface area contributed by atoms with Crippen molar-refractivity contribution in [1.82, 2.24) is 9.80 Å². The minimum absolute atomic E-state index is 0.0697. The van der Waals surface area contributed by atoms with Gasteiger partial charge in [-0.05, 0) is 46.1 Å². The maximum Gasteiger partial charge on any atom is 0.410 e. The first kappa shape index (κ1) is 16.1. The highest BCUT2D eigenvalue weighted by molar-refractivity contribution is 5.78. The van der Waals surface area contributed by atoms with Gasteiger partial charge in [-0.2, -0.15) is 0 Å². The van der Waals surface area contributed by atoms with E-state index in [0.29, 0.717) is 32.6 Å². The van der Waals surface area contributed by atoms with Gasteiger partial charge in [0, 0.05) is 26.1 Å². The van der Waals surface area contributed by atoms with Crippen molar-refractivity contribution in [2.45, 2.75) is 51.7 Å². The predicted octanol–water partition coefficient (Wildman–Crippen LogP) is 1.19. The van der Waals surface area contributed by atoms with Crippen molar-refractivity contribution in [3.05, 3.63) is 0 Å². The van der Waals surface area contributed by atoms with Crippen LogP contribution in [-0.2, 0) is 9.53 Å². The molecular formula is C15H27N3O3. The molecule has 0 aromatic rings. The van der Waals surface area contributed by atoms with Gasteiger partial charge in [0.05, 0.1) is 6.04 Å². The van der Waals surface area contributed by atoms with Crippen molar-refractivity contribution in [1.29, 1.82) is 0 Å². The largest absolute Gasteiger partial charge is 0.444 e. The Hall–Kier alpha value is -1.30. The van der Waals surface area contributed by atoms with Crippen LogP contribution in [0.4, 0.5) is 4.79 Å². The van der Waals surface area contributed by atoms with Crippen LogP contribution in [0.5, 0.6) is 0 Å². The van der Waals surface area contributed by atoms with Crippen molar-refractivity contribution in [2.75, 3.05) is 26.2 Å². The zero-order chi connectivity index (χ0) is 15.6. The highest BCUT2D eigenvalue weighted by Crippen LogP contribution is 2.24. The topological polar surface area (TPSA) is 75.9 Å². The highest BCUT2D eigenvalue weighted by Gasteiger charge is 2.36. The van der Waals surface area contributed by atoms with E-state index in [1.54, 1.807) is 4.90 Å². The number of amides is 2. The molecule has 0 bridgehead atoms.